The predicted molar refractivity (Wildman–Crippen MR) is 97.5 cm³/mol. The molecule has 126 valence electrons. The first-order valence-electron chi connectivity index (χ1n) is 8.51. The van der Waals surface area contributed by atoms with Crippen LogP contribution in [0.1, 0.15) is 46.0 Å². The van der Waals surface area contributed by atoms with Gasteiger partial charge in [-0.3, -0.25) is 4.79 Å². The van der Waals surface area contributed by atoms with Gasteiger partial charge in [0.2, 0.25) is 0 Å². The summed E-state index contributed by atoms with van der Waals surface area (Å²) in [5, 5.41) is 0. The second-order valence-electron chi connectivity index (χ2n) is 5.53. The lowest BCUT2D eigenvalue weighted by molar-refractivity contribution is -0.105. The fraction of sp³-hybridized carbons (Fsp3) is 0.450. The zero-order chi connectivity index (χ0) is 16.9. The van der Waals surface area contributed by atoms with Crippen molar-refractivity contribution in [3.05, 3.63) is 53.9 Å². The van der Waals surface area contributed by atoms with Gasteiger partial charge in [0.1, 0.15) is 5.76 Å². The van der Waals surface area contributed by atoms with Gasteiger partial charge in [-0.15, -0.1) is 0 Å². The van der Waals surface area contributed by atoms with E-state index >= 15 is 0 Å². The highest BCUT2D eigenvalue weighted by atomic mass is 16.5. The van der Waals surface area contributed by atoms with Gasteiger partial charge in [0.05, 0.1) is 12.2 Å². The van der Waals surface area contributed by atoms with Crippen LogP contribution in [-0.2, 0) is 9.53 Å². The van der Waals surface area contributed by atoms with Crippen LogP contribution in [0.2, 0.25) is 0 Å². The average molecular weight is 315 g/mol. The third-order valence-corrected chi connectivity index (χ3v) is 3.55. The van der Waals surface area contributed by atoms with Gasteiger partial charge in [0, 0.05) is 18.9 Å². The van der Waals surface area contributed by atoms with Gasteiger partial charge in [-0.2, -0.15) is 0 Å². The molecule has 0 fully saturated rings. The van der Waals surface area contributed by atoms with E-state index in [2.05, 4.69) is 6.92 Å². The Labute approximate surface area is 140 Å². The van der Waals surface area contributed by atoms with Crippen molar-refractivity contribution in [1.29, 1.82) is 0 Å². The second kappa shape index (κ2) is 11.5. The van der Waals surface area contributed by atoms with Gasteiger partial charge in [-0.25, -0.2) is 0 Å². The molecule has 0 saturated heterocycles. The van der Waals surface area contributed by atoms with Gasteiger partial charge >= 0.3 is 0 Å². The maximum atomic E-state index is 11.5. The molecule has 1 aromatic rings. The largest absolute Gasteiger partial charge is 0.493 e. The molecule has 0 aliphatic rings. The molecule has 0 N–H and O–H groups in total. The van der Waals surface area contributed by atoms with Crippen molar-refractivity contribution in [2.24, 2.45) is 0 Å². The Morgan fingerprint density at radius 3 is 2.48 bits per heavy atom. The van der Waals surface area contributed by atoms with Crippen molar-refractivity contribution in [1.82, 2.24) is 0 Å². The molecule has 0 atom stereocenters. The van der Waals surface area contributed by atoms with Gasteiger partial charge < -0.3 is 9.64 Å². The van der Waals surface area contributed by atoms with Crippen LogP contribution in [0.5, 0.6) is 0 Å². The van der Waals surface area contributed by atoms with E-state index in [1.165, 1.54) is 19.3 Å². The number of benzene rings is 1. The van der Waals surface area contributed by atoms with E-state index in [0.717, 1.165) is 24.8 Å². The molecule has 0 aliphatic heterocycles. The summed E-state index contributed by atoms with van der Waals surface area (Å²) in [5.41, 5.74) is 1.61. The van der Waals surface area contributed by atoms with Crippen LogP contribution in [0.3, 0.4) is 0 Å². The normalized spacial score (nSPS) is 12.1. The Morgan fingerprint density at radius 1 is 1.13 bits per heavy atom. The van der Waals surface area contributed by atoms with E-state index in [1.54, 1.807) is 0 Å². The number of unbranched alkanes of at least 4 members (excludes halogenated alkanes) is 3. The summed E-state index contributed by atoms with van der Waals surface area (Å²) < 4.78 is 5.85. The van der Waals surface area contributed by atoms with E-state index in [9.17, 15) is 4.79 Å². The molecule has 1 rings (SSSR count). The number of para-hydroxylation sites is 1. The highest BCUT2D eigenvalue weighted by Gasteiger charge is 2.08. The third-order valence-electron chi connectivity index (χ3n) is 3.55. The van der Waals surface area contributed by atoms with E-state index in [4.69, 9.17) is 4.74 Å². The first-order chi connectivity index (χ1) is 11.2. The van der Waals surface area contributed by atoms with E-state index < -0.39 is 0 Å². The molecule has 0 aromatic heterocycles. The average Bonchev–Trinajstić information content (AvgIpc) is 2.59. The fourth-order valence-electron chi connectivity index (χ4n) is 2.25. The van der Waals surface area contributed by atoms with Gasteiger partial charge in [-0.1, -0.05) is 51.3 Å². The van der Waals surface area contributed by atoms with Crippen LogP contribution in [0, 0.1) is 0 Å². The third kappa shape index (κ3) is 7.18. The minimum atomic E-state index is 0.577. The summed E-state index contributed by atoms with van der Waals surface area (Å²) in [4.78, 5) is 13.4. The number of rotatable bonds is 11. The first-order valence-corrected chi connectivity index (χ1v) is 8.51. The summed E-state index contributed by atoms with van der Waals surface area (Å²) in [7, 11) is 1.93. The molecule has 0 bridgehead atoms. The molecule has 0 spiro atoms. The maximum absolute atomic E-state index is 11.5. The van der Waals surface area contributed by atoms with Gasteiger partial charge in [0.25, 0.3) is 0 Å². The SMILES string of the molecule is CC/C=C(OCCCCCC)/C(C=O)=C\N(C)c1ccccc1. The molecule has 1 aromatic carbocycles. The maximum Gasteiger partial charge on any atom is 0.155 e. The lowest BCUT2D eigenvalue weighted by Gasteiger charge is -2.17. The minimum absolute atomic E-state index is 0.577. The Hall–Kier alpha value is -2.03. The van der Waals surface area contributed by atoms with Crippen molar-refractivity contribution in [3.8, 4) is 0 Å². The molecule has 0 radical (unpaired) electrons. The topological polar surface area (TPSA) is 29.5 Å². The Balaban J connectivity index is 2.75. The Morgan fingerprint density at radius 2 is 1.87 bits per heavy atom. The number of allylic oxidation sites excluding steroid dienone is 2. The standard InChI is InChI=1S/C20H29NO2/c1-4-6-7-11-15-23-20(12-5-2)18(17-22)16-21(3)19-13-9-8-10-14-19/h8-10,12-14,16-17H,4-7,11,15H2,1-3H3/b18-16-,20-12-. The highest BCUT2D eigenvalue weighted by Crippen LogP contribution is 2.17. The molecule has 0 heterocycles. The fourth-order valence-corrected chi connectivity index (χ4v) is 2.25. The minimum Gasteiger partial charge on any atom is -0.493 e. The number of ether oxygens (including phenoxy) is 1. The van der Waals surface area contributed by atoms with Crippen molar-refractivity contribution in [3.63, 3.8) is 0 Å². The van der Waals surface area contributed by atoms with Crippen LogP contribution in [0.4, 0.5) is 5.69 Å². The zero-order valence-corrected chi connectivity index (χ0v) is 14.6. The van der Waals surface area contributed by atoms with Crippen LogP contribution < -0.4 is 4.90 Å². The molecular weight excluding hydrogens is 286 g/mol. The lowest BCUT2D eigenvalue weighted by Crippen LogP contribution is -2.11. The van der Waals surface area contributed by atoms with Gasteiger partial charge in [0.15, 0.2) is 6.29 Å². The van der Waals surface area contributed by atoms with E-state index in [1.807, 2.05) is 61.5 Å². The molecule has 3 nitrogen and oxygen atoms in total. The Kier molecular flexibility index (Phi) is 9.53. The molecule has 3 heteroatoms. The molecule has 0 aliphatic carbocycles. The second-order valence-corrected chi connectivity index (χ2v) is 5.53. The summed E-state index contributed by atoms with van der Waals surface area (Å²) in [6, 6.07) is 9.95. The summed E-state index contributed by atoms with van der Waals surface area (Å²) in [6.07, 6.45) is 10.1. The van der Waals surface area contributed by atoms with Crippen LogP contribution in [0.25, 0.3) is 0 Å². The first kappa shape index (κ1) is 19.0. The monoisotopic (exact) mass is 315 g/mol. The van der Waals surface area contributed by atoms with Crippen LogP contribution in [-0.4, -0.2) is 19.9 Å². The van der Waals surface area contributed by atoms with Crippen molar-refractivity contribution >= 4 is 12.0 Å². The highest BCUT2D eigenvalue weighted by molar-refractivity contribution is 5.80. The number of carbonyl (C=O) groups is 1. The van der Waals surface area contributed by atoms with Crippen molar-refractivity contribution < 1.29 is 9.53 Å². The zero-order valence-electron chi connectivity index (χ0n) is 14.6. The number of aldehydes is 1. The lowest BCUT2D eigenvalue weighted by atomic mass is 10.2. The smallest absolute Gasteiger partial charge is 0.155 e. The van der Waals surface area contributed by atoms with E-state index in [0.29, 0.717) is 17.9 Å². The van der Waals surface area contributed by atoms with Crippen molar-refractivity contribution in [2.45, 2.75) is 46.0 Å². The van der Waals surface area contributed by atoms with Crippen LogP contribution in [0.15, 0.2) is 53.9 Å². The summed E-state index contributed by atoms with van der Waals surface area (Å²) >= 11 is 0. The van der Waals surface area contributed by atoms with Crippen LogP contribution >= 0.6 is 0 Å². The number of anilines is 1. The predicted octanol–water partition coefficient (Wildman–Crippen LogP) is 5.10. The number of hydrogen-bond acceptors (Lipinski definition) is 3. The Bertz CT molecular complexity index is 506. The summed E-state index contributed by atoms with van der Waals surface area (Å²) in [6.45, 7) is 4.89. The van der Waals surface area contributed by atoms with E-state index in [-0.39, 0.29) is 0 Å². The number of nitrogens with zero attached hydrogens (tertiary/aromatic N) is 1. The molecule has 23 heavy (non-hydrogen) atoms. The molecule has 0 amide bonds. The molecule has 0 unspecified atom stereocenters. The molecular formula is C20H29NO2. The quantitative estimate of drug-likeness (QED) is 0.187. The van der Waals surface area contributed by atoms with Crippen molar-refractivity contribution in [2.75, 3.05) is 18.6 Å². The molecule has 0 saturated carbocycles. The number of carbonyl (C=O) groups excluding carboxylic acids is 1. The number of hydrogen-bond donors (Lipinski definition) is 0. The van der Waals surface area contributed by atoms with Gasteiger partial charge in [-0.05, 0) is 31.1 Å². The summed E-state index contributed by atoms with van der Waals surface area (Å²) in [5.74, 6) is 0.682.